The van der Waals surface area contributed by atoms with Crippen molar-refractivity contribution in [2.75, 3.05) is 6.54 Å². The number of halogens is 2. The van der Waals surface area contributed by atoms with Gasteiger partial charge in [0.25, 0.3) is 0 Å². The molecule has 0 saturated heterocycles. The molecule has 0 amide bonds. The smallest absolute Gasteiger partial charge is 0.146 e. The van der Waals surface area contributed by atoms with Crippen molar-refractivity contribution < 1.29 is 4.74 Å². The zero-order chi connectivity index (χ0) is 15.2. The van der Waals surface area contributed by atoms with Crippen LogP contribution >= 0.6 is 23.2 Å². The van der Waals surface area contributed by atoms with E-state index in [1.807, 2.05) is 18.2 Å². The Balaban J connectivity index is 2.21. The number of benzene rings is 2. The van der Waals surface area contributed by atoms with Gasteiger partial charge in [0.2, 0.25) is 0 Å². The third-order valence-corrected chi connectivity index (χ3v) is 3.77. The van der Waals surface area contributed by atoms with Crippen LogP contribution in [0.1, 0.15) is 31.9 Å². The highest BCUT2D eigenvalue weighted by molar-refractivity contribution is 6.35. The molecule has 0 saturated carbocycles. The molecule has 21 heavy (non-hydrogen) atoms. The normalized spacial score (nSPS) is 12.2. The Kier molecular flexibility index (Phi) is 5.92. The number of hydrogen-bond acceptors (Lipinski definition) is 2. The third kappa shape index (κ3) is 4.37. The second-order valence-electron chi connectivity index (χ2n) is 4.77. The van der Waals surface area contributed by atoms with Crippen LogP contribution < -0.4 is 10.1 Å². The van der Waals surface area contributed by atoms with Crippen LogP contribution in [-0.4, -0.2) is 6.54 Å². The van der Waals surface area contributed by atoms with Crippen LogP contribution in [0.25, 0.3) is 0 Å². The Morgan fingerprint density at radius 2 is 1.90 bits per heavy atom. The van der Waals surface area contributed by atoms with E-state index in [0.29, 0.717) is 21.8 Å². The molecular weight excluding hydrogens is 305 g/mol. The van der Waals surface area contributed by atoms with Gasteiger partial charge in [-0.15, -0.1) is 0 Å². The molecule has 4 heteroatoms. The fraction of sp³-hybridized carbons (Fsp3) is 0.294. The van der Waals surface area contributed by atoms with Crippen molar-refractivity contribution in [2.45, 2.75) is 26.3 Å². The summed E-state index contributed by atoms with van der Waals surface area (Å²) in [6.07, 6.45) is 1.03. The van der Waals surface area contributed by atoms with Gasteiger partial charge < -0.3 is 10.1 Å². The second kappa shape index (κ2) is 7.69. The van der Waals surface area contributed by atoms with Crippen LogP contribution in [0.15, 0.2) is 42.5 Å². The van der Waals surface area contributed by atoms with Crippen molar-refractivity contribution in [3.8, 4) is 11.5 Å². The molecular formula is C17H19Cl2NO. The number of hydrogen-bond donors (Lipinski definition) is 1. The SMILES string of the molecule is CCNC(CC)c1cccc(Oc2ccc(Cl)cc2Cl)c1. The van der Waals surface area contributed by atoms with E-state index in [4.69, 9.17) is 27.9 Å². The minimum atomic E-state index is 0.333. The monoisotopic (exact) mass is 323 g/mol. The summed E-state index contributed by atoms with van der Waals surface area (Å²) >= 11 is 12.0. The lowest BCUT2D eigenvalue weighted by atomic mass is 10.0. The van der Waals surface area contributed by atoms with E-state index in [1.54, 1.807) is 18.2 Å². The standard InChI is InChI=1S/C17H19Cl2NO/c1-3-16(20-4-2)12-6-5-7-14(10-12)21-17-9-8-13(18)11-15(17)19/h5-11,16,20H,3-4H2,1-2H3. The highest BCUT2D eigenvalue weighted by Crippen LogP contribution is 2.32. The molecule has 2 nitrogen and oxygen atoms in total. The maximum absolute atomic E-state index is 6.14. The highest BCUT2D eigenvalue weighted by Gasteiger charge is 2.10. The largest absolute Gasteiger partial charge is 0.456 e. The van der Waals surface area contributed by atoms with Gasteiger partial charge in [-0.3, -0.25) is 0 Å². The number of ether oxygens (including phenoxy) is 1. The summed E-state index contributed by atoms with van der Waals surface area (Å²) in [5.74, 6) is 1.38. The first kappa shape index (κ1) is 16.2. The molecule has 1 N–H and O–H groups in total. The van der Waals surface area contributed by atoms with Gasteiger partial charge in [0.1, 0.15) is 11.5 Å². The Morgan fingerprint density at radius 3 is 2.57 bits per heavy atom. The van der Waals surface area contributed by atoms with Gasteiger partial charge in [-0.2, -0.15) is 0 Å². The van der Waals surface area contributed by atoms with E-state index >= 15 is 0 Å². The predicted molar refractivity (Wildman–Crippen MR) is 89.7 cm³/mol. The van der Waals surface area contributed by atoms with Gasteiger partial charge in [0.05, 0.1) is 5.02 Å². The molecule has 0 aliphatic heterocycles. The molecule has 0 heterocycles. The quantitative estimate of drug-likeness (QED) is 0.720. The number of rotatable bonds is 6. The van der Waals surface area contributed by atoms with E-state index in [2.05, 4.69) is 25.2 Å². The van der Waals surface area contributed by atoms with Crippen LogP contribution in [0.2, 0.25) is 10.0 Å². The fourth-order valence-corrected chi connectivity index (χ4v) is 2.67. The second-order valence-corrected chi connectivity index (χ2v) is 5.61. The molecule has 0 fully saturated rings. The Morgan fingerprint density at radius 1 is 1.10 bits per heavy atom. The van der Waals surface area contributed by atoms with Crippen LogP contribution in [0, 0.1) is 0 Å². The molecule has 1 unspecified atom stereocenters. The average molecular weight is 324 g/mol. The van der Waals surface area contributed by atoms with Gasteiger partial charge in [-0.05, 0) is 48.9 Å². The molecule has 0 spiro atoms. The first-order chi connectivity index (χ1) is 10.1. The lowest BCUT2D eigenvalue weighted by Crippen LogP contribution is -2.19. The van der Waals surface area contributed by atoms with Gasteiger partial charge >= 0.3 is 0 Å². The lowest BCUT2D eigenvalue weighted by molar-refractivity contribution is 0.478. The molecule has 2 aromatic carbocycles. The van der Waals surface area contributed by atoms with Gasteiger partial charge in [0.15, 0.2) is 0 Å². The molecule has 112 valence electrons. The maximum atomic E-state index is 6.14. The molecule has 2 aromatic rings. The van der Waals surface area contributed by atoms with E-state index < -0.39 is 0 Å². The summed E-state index contributed by atoms with van der Waals surface area (Å²) in [4.78, 5) is 0. The van der Waals surface area contributed by atoms with E-state index in [9.17, 15) is 0 Å². The summed E-state index contributed by atoms with van der Waals surface area (Å²) in [6, 6.07) is 13.6. The van der Waals surface area contributed by atoms with Crippen molar-refractivity contribution in [3.63, 3.8) is 0 Å². The van der Waals surface area contributed by atoms with Crippen molar-refractivity contribution in [1.82, 2.24) is 5.32 Å². The summed E-state index contributed by atoms with van der Waals surface area (Å²) in [5, 5.41) is 4.56. The first-order valence-corrected chi connectivity index (χ1v) is 7.85. The Hall–Kier alpha value is -1.22. The summed E-state index contributed by atoms with van der Waals surface area (Å²) < 4.78 is 5.86. The van der Waals surface area contributed by atoms with Crippen molar-refractivity contribution >= 4 is 23.2 Å². The maximum Gasteiger partial charge on any atom is 0.146 e. The highest BCUT2D eigenvalue weighted by atomic mass is 35.5. The third-order valence-electron chi connectivity index (χ3n) is 3.24. The molecule has 0 aliphatic carbocycles. The van der Waals surface area contributed by atoms with Gasteiger partial charge in [-0.1, -0.05) is 49.2 Å². The molecule has 0 aromatic heterocycles. The minimum Gasteiger partial charge on any atom is -0.456 e. The van der Waals surface area contributed by atoms with E-state index in [-0.39, 0.29) is 0 Å². The van der Waals surface area contributed by atoms with Crippen molar-refractivity contribution in [1.29, 1.82) is 0 Å². The molecule has 0 bridgehead atoms. The summed E-state index contributed by atoms with van der Waals surface area (Å²) in [6.45, 7) is 5.21. The number of nitrogens with one attached hydrogen (secondary N) is 1. The van der Waals surface area contributed by atoms with Gasteiger partial charge in [-0.25, -0.2) is 0 Å². The van der Waals surface area contributed by atoms with E-state index in [0.717, 1.165) is 18.7 Å². The van der Waals surface area contributed by atoms with E-state index in [1.165, 1.54) is 5.56 Å². The average Bonchev–Trinajstić information content (AvgIpc) is 2.48. The first-order valence-electron chi connectivity index (χ1n) is 7.10. The Labute approximate surface area is 136 Å². The van der Waals surface area contributed by atoms with Crippen molar-refractivity contribution in [3.05, 3.63) is 58.1 Å². The predicted octanol–water partition coefficient (Wildman–Crippen LogP) is 5.85. The zero-order valence-corrected chi connectivity index (χ0v) is 13.7. The molecule has 0 radical (unpaired) electrons. The van der Waals surface area contributed by atoms with Crippen molar-refractivity contribution in [2.24, 2.45) is 0 Å². The zero-order valence-electron chi connectivity index (χ0n) is 12.2. The Bertz CT molecular complexity index is 601. The molecule has 0 aliphatic rings. The molecule has 2 rings (SSSR count). The lowest BCUT2D eigenvalue weighted by Gasteiger charge is -2.17. The molecule has 1 atom stereocenters. The van der Waals surface area contributed by atoms with Crippen LogP contribution in [0.3, 0.4) is 0 Å². The summed E-state index contributed by atoms with van der Waals surface area (Å²) in [5.41, 5.74) is 1.21. The summed E-state index contributed by atoms with van der Waals surface area (Å²) in [7, 11) is 0. The topological polar surface area (TPSA) is 21.3 Å². The fourth-order valence-electron chi connectivity index (χ4n) is 2.22. The van der Waals surface area contributed by atoms with Gasteiger partial charge in [0, 0.05) is 11.1 Å². The minimum absolute atomic E-state index is 0.333. The van der Waals surface area contributed by atoms with Crippen LogP contribution in [0.4, 0.5) is 0 Å². The van der Waals surface area contributed by atoms with Crippen LogP contribution in [-0.2, 0) is 0 Å². The van der Waals surface area contributed by atoms with Crippen LogP contribution in [0.5, 0.6) is 11.5 Å².